The van der Waals surface area contributed by atoms with E-state index in [2.05, 4.69) is 35.4 Å². The Hall–Kier alpha value is -3.05. The molecule has 0 aliphatic rings. The molecule has 152 valence electrons. The van der Waals surface area contributed by atoms with Crippen molar-refractivity contribution in [1.82, 2.24) is 30.0 Å². The zero-order chi connectivity index (χ0) is 21.0. The maximum Gasteiger partial charge on any atom is 0.387 e. The van der Waals surface area contributed by atoms with Crippen LogP contribution in [0.1, 0.15) is 18.8 Å². The minimum atomic E-state index is -3.08. The first-order valence-electron chi connectivity index (χ1n) is 8.04. The first-order chi connectivity index (χ1) is 13.8. The summed E-state index contributed by atoms with van der Waals surface area (Å²) in [4.78, 5) is 24.6. The Morgan fingerprint density at radius 2 is 1.90 bits per heavy atom. The van der Waals surface area contributed by atoms with Crippen molar-refractivity contribution in [3.63, 3.8) is 0 Å². The highest BCUT2D eigenvalue weighted by molar-refractivity contribution is 6.37. The van der Waals surface area contributed by atoms with E-state index in [1.165, 1.54) is 17.1 Å². The van der Waals surface area contributed by atoms with Crippen molar-refractivity contribution in [3.05, 3.63) is 52.8 Å². The minimum Gasteiger partial charge on any atom is -0.433 e. The van der Waals surface area contributed by atoms with E-state index in [9.17, 15) is 13.6 Å². The molecule has 13 heteroatoms. The molecule has 3 rings (SSSR count). The maximum atomic E-state index is 12.5. The van der Waals surface area contributed by atoms with Crippen LogP contribution in [0.2, 0.25) is 10.0 Å². The Labute approximate surface area is 173 Å². The zero-order valence-electron chi connectivity index (χ0n) is 14.7. The number of alkyl halides is 2. The lowest BCUT2D eigenvalue weighted by atomic mass is 10.3. The van der Waals surface area contributed by atoms with Crippen LogP contribution in [0, 0.1) is 0 Å². The summed E-state index contributed by atoms with van der Waals surface area (Å²) < 4.78 is 30.6. The van der Waals surface area contributed by atoms with E-state index in [1.54, 1.807) is 25.4 Å². The molecular weight excluding hydrogens is 431 g/mol. The number of carbonyl (C=O) groups excluding carboxylic acids is 1. The number of hydrogen-bond acceptors (Lipinski definition) is 6. The minimum absolute atomic E-state index is 0.0317. The number of halogens is 4. The molecule has 0 saturated heterocycles. The molecule has 9 nitrogen and oxygen atoms in total. The van der Waals surface area contributed by atoms with E-state index >= 15 is 0 Å². The van der Waals surface area contributed by atoms with Crippen molar-refractivity contribution in [2.75, 3.05) is 5.32 Å². The number of nitrogens with one attached hydrogen (secondary N) is 2. The average Bonchev–Trinajstić information content (AvgIpc) is 3.16. The van der Waals surface area contributed by atoms with Gasteiger partial charge in [0.15, 0.2) is 5.82 Å². The first kappa shape index (κ1) is 20.7. The lowest BCUT2D eigenvalue weighted by Crippen LogP contribution is -2.32. The molecule has 2 heterocycles. The van der Waals surface area contributed by atoms with Crippen molar-refractivity contribution >= 4 is 34.9 Å². The van der Waals surface area contributed by atoms with Gasteiger partial charge in [0.25, 0.3) is 5.95 Å². The predicted octanol–water partition coefficient (Wildman–Crippen LogP) is 3.85. The van der Waals surface area contributed by atoms with E-state index in [4.69, 9.17) is 23.2 Å². The third-order valence-corrected chi connectivity index (χ3v) is 4.14. The van der Waals surface area contributed by atoms with Crippen LogP contribution in [0.3, 0.4) is 0 Å². The molecule has 29 heavy (non-hydrogen) atoms. The van der Waals surface area contributed by atoms with E-state index in [-0.39, 0.29) is 27.4 Å². The fourth-order valence-corrected chi connectivity index (χ4v) is 2.81. The van der Waals surface area contributed by atoms with Crippen LogP contribution in [0.25, 0.3) is 5.95 Å². The molecule has 3 aromatic rings. The first-order valence-corrected chi connectivity index (χ1v) is 8.79. The standard InChI is InChI=1S/C16H13Cl2F2N7O2/c1-8(13-23-7-24-27(13)15-21-3-2-4-22-15)25-16(28)26-11-6-12(29-14(19)20)10(18)5-9(11)17/h2-8,14H,1H3,(H2,25,26,28). The van der Waals surface area contributed by atoms with Crippen LogP contribution >= 0.6 is 23.2 Å². The highest BCUT2D eigenvalue weighted by Crippen LogP contribution is 2.35. The summed E-state index contributed by atoms with van der Waals surface area (Å²) in [6.45, 7) is -1.42. The summed E-state index contributed by atoms with van der Waals surface area (Å²) in [5, 5.41) is 9.05. The molecule has 0 bridgehead atoms. The average molecular weight is 444 g/mol. The van der Waals surface area contributed by atoms with Crippen LogP contribution < -0.4 is 15.4 Å². The summed E-state index contributed by atoms with van der Waals surface area (Å²) in [5.74, 6) is 0.328. The molecule has 1 aromatic carbocycles. The van der Waals surface area contributed by atoms with Gasteiger partial charge in [0.1, 0.15) is 12.1 Å². The quantitative estimate of drug-likeness (QED) is 0.598. The fraction of sp³-hybridized carbons (Fsp3) is 0.188. The summed E-state index contributed by atoms with van der Waals surface area (Å²) in [7, 11) is 0. The number of carbonyl (C=O) groups is 1. The topological polar surface area (TPSA) is 107 Å². The molecule has 0 aliphatic heterocycles. The van der Waals surface area contributed by atoms with Crippen LogP contribution in [-0.4, -0.2) is 37.4 Å². The second-order valence-corrected chi connectivity index (χ2v) is 6.35. The normalized spacial score (nSPS) is 11.9. The van der Waals surface area contributed by atoms with Gasteiger partial charge in [0.05, 0.1) is 21.8 Å². The van der Waals surface area contributed by atoms with E-state index in [0.717, 1.165) is 6.07 Å². The Balaban J connectivity index is 1.73. The molecule has 0 radical (unpaired) electrons. The number of anilines is 1. The number of ether oxygens (including phenoxy) is 1. The van der Waals surface area contributed by atoms with Crippen molar-refractivity contribution in [2.24, 2.45) is 0 Å². The number of aromatic nitrogens is 5. The van der Waals surface area contributed by atoms with Gasteiger partial charge in [-0.15, -0.1) is 0 Å². The summed E-state index contributed by atoms with van der Waals surface area (Å²) >= 11 is 11.8. The number of benzene rings is 1. The van der Waals surface area contributed by atoms with Crippen LogP contribution in [-0.2, 0) is 0 Å². The third kappa shape index (κ3) is 5.06. The van der Waals surface area contributed by atoms with Gasteiger partial charge in [-0.05, 0) is 19.1 Å². The molecular formula is C16H13Cl2F2N7O2. The third-order valence-electron chi connectivity index (χ3n) is 3.54. The Morgan fingerprint density at radius 1 is 1.17 bits per heavy atom. The number of urea groups is 1. The number of hydrogen-bond donors (Lipinski definition) is 2. The second kappa shape index (κ2) is 8.97. The van der Waals surface area contributed by atoms with Crippen molar-refractivity contribution in [1.29, 1.82) is 0 Å². The number of amides is 2. The SMILES string of the molecule is CC(NC(=O)Nc1cc(OC(F)F)c(Cl)cc1Cl)c1ncnn1-c1ncccn1. The molecule has 2 N–H and O–H groups in total. The largest absolute Gasteiger partial charge is 0.433 e. The fourth-order valence-electron chi connectivity index (χ4n) is 2.33. The van der Waals surface area contributed by atoms with E-state index in [0.29, 0.717) is 5.82 Å². The molecule has 1 unspecified atom stereocenters. The van der Waals surface area contributed by atoms with Gasteiger partial charge in [-0.1, -0.05) is 23.2 Å². The van der Waals surface area contributed by atoms with Crippen molar-refractivity contribution in [3.8, 4) is 11.7 Å². The van der Waals surface area contributed by atoms with Gasteiger partial charge in [0.2, 0.25) is 0 Å². The molecule has 0 spiro atoms. The van der Waals surface area contributed by atoms with Gasteiger partial charge >= 0.3 is 12.6 Å². The van der Waals surface area contributed by atoms with Crippen molar-refractivity contribution in [2.45, 2.75) is 19.6 Å². The molecule has 0 fully saturated rings. The summed E-state index contributed by atoms with van der Waals surface area (Å²) in [6, 6.07) is 2.65. The lowest BCUT2D eigenvalue weighted by Gasteiger charge is -2.16. The van der Waals surface area contributed by atoms with Crippen LogP contribution in [0.15, 0.2) is 36.9 Å². The van der Waals surface area contributed by atoms with Gasteiger partial charge in [-0.25, -0.2) is 19.7 Å². The lowest BCUT2D eigenvalue weighted by molar-refractivity contribution is -0.0497. The second-order valence-electron chi connectivity index (χ2n) is 5.54. The van der Waals surface area contributed by atoms with Gasteiger partial charge < -0.3 is 15.4 Å². The number of rotatable bonds is 6. The number of nitrogens with zero attached hydrogens (tertiary/aromatic N) is 5. The van der Waals surface area contributed by atoms with Crippen LogP contribution in [0.5, 0.6) is 5.75 Å². The Kier molecular flexibility index (Phi) is 6.39. The van der Waals surface area contributed by atoms with Crippen LogP contribution in [0.4, 0.5) is 19.3 Å². The highest BCUT2D eigenvalue weighted by atomic mass is 35.5. The maximum absolute atomic E-state index is 12.5. The summed E-state index contributed by atoms with van der Waals surface area (Å²) in [6.07, 6.45) is 4.38. The molecule has 0 aliphatic carbocycles. The molecule has 2 amide bonds. The van der Waals surface area contributed by atoms with Gasteiger partial charge in [-0.3, -0.25) is 0 Å². The molecule has 1 atom stereocenters. The molecule has 0 saturated carbocycles. The zero-order valence-corrected chi connectivity index (χ0v) is 16.2. The Bertz CT molecular complexity index is 1000. The van der Waals surface area contributed by atoms with Gasteiger partial charge in [0, 0.05) is 18.5 Å². The van der Waals surface area contributed by atoms with Crippen molar-refractivity contribution < 1.29 is 18.3 Å². The summed E-state index contributed by atoms with van der Waals surface area (Å²) in [5.41, 5.74) is 0.0317. The van der Waals surface area contributed by atoms with E-state index in [1.807, 2.05) is 0 Å². The Morgan fingerprint density at radius 3 is 2.59 bits per heavy atom. The highest BCUT2D eigenvalue weighted by Gasteiger charge is 2.19. The predicted molar refractivity (Wildman–Crippen MR) is 101 cm³/mol. The smallest absolute Gasteiger partial charge is 0.387 e. The monoisotopic (exact) mass is 443 g/mol. The molecule has 2 aromatic heterocycles. The van der Waals surface area contributed by atoms with E-state index < -0.39 is 18.7 Å². The van der Waals surface area contributed by atoms with Gasteiger partial charge in [-0.2, -0.15) is 18.6 Å².